The molecule has 3 aliphatic rings. The Balaban J connectivity index is 1.18. The number of nitrogens with one attached hydrogen (secondary N) is 1. The Hall–Kier alpha value is -1.79. The third-order valence-electron chi connectivity index (χ3n) is 6.66. The smallest absolute Gasteiger partial charge is 0.245 e. The van der Waals surface area contributed by atoms with Gasteiger partial charge in [0, 0.05) is 11.6 Å². The maximum atomic E-state index is 11.3. The van der Waals surface area contributed by atoms with E-state index in [0.717, 1.165) is 43.3 Å². The van der Waals surface area contributed by atoms with Crippen LogP contribution in [0.3, 0.4) is 0 Å². The number of carbonyl (C=O) groups is 1. The Morgan fingerprint density at radius 2 is 1.89 bits per heavy atom. The summed E-state index contributed by atoms with van der Waals surface area (Å²) in [4.78, 5) is 13.9. The second kappa shape index (κ2) is 9.14. The number of fused-ring (bicyclic) bond motifs is 1. The summed E-state index contributed by atoms with van der Waals surface area (Å²) in [6.07, 6.45) is 8.06. The van der Waals surface area contributed by atoms with Gasteiger partial charge in [0.25, 0.3) is 0 Å². The van der Waals surface area contributed by atoms with E-state index in [-0.39, 0.29) is 11.9 Å². The van der Waals surface area contributed by atoms with Crippen molar-refractivity contribution in [1.82, 2.24) is 10.2 Å². The van der Waals surface area contributed by atoms with Gasteiger partial charge in [0.15, 0.2) is 11.5 Å². The zero-order valence-corrected chi connectivity index (χ0v) is 16.6. The molecule has 0 atom stereocenters. The molecule has 28 heavy (non-hydrogen) atoms. The summed E-state index contributed by atoms with van der Waals surface area (Å²) in [5.41, 5.74) is 1.32. The Labute approximate surface area is 167 Å². The van der Waals surface area contributed by atoms with Gasteiger partial charge in [-0.3, -0.25) is 4.79 Å². The summed E-state index contributed by atoms with van der Waals surface area (Å²) < 4.78 is 11.2. The molecular weight excluding hydrogens is 356 g/mol. The van der Waals surface area contributed by atoms with E-state index in [1.165, 1.54) is 44.2 Å². The van der Waals surface area contributed by atoms with Crippen LogP contribution in [0.1, 0.15) is 56.4 Å². The van der Waals surface area contributed by atoms with E-state index >= 15 is 0 Å². The lowest BCUT2D eigenvalue weighted by molar-refractivity contribution is -0.124. The minimum atomic E-state index is -0.402. The SMILES string of the molecule is O=C(CO)NC1CCC(CCN2CCC(c3cccc4c3OCO4)CC2)CC1. The fraction of sp³-hybridized carbons (Fsp3) is 0.682. The number of likely N-dealkylation sites (tertiary alicyclic amines) is 1. The van der Waals surface area contributed by atoms with Crippen molar-refractivity contribution in [3.05, 3.63) is 23.8 Å². The number of para-hydroxylation sites is 1. The molecule has 1 aliphatic carbocycles. The molecule has 6 heteroatoms. The minimum absolute atomic E-state index is 0.243. The number of piperidine rings is 1. The van der Waals surface area contributed by atoms with Crippen LogP contribution in [0.25, 0.3) is 0 Å². The Kier molecular flexibility index (Phi) is 6.37. The van der Waals surface area contributed by atoms with Gasteiger partial charge in [0.2, 0.25) is 12.7 Å². The molecule has 4 rings (SSSR count). The normalized spacial score (nSPS) is 25.6. The molecule has 0 spiro atoms. The molecule has 2 heterocycles. The molecule has 0 unspecified atom stereocenters. The van der Waals surface area contributed by atoms with Gasteiger partial charge in [-0.2, -0.15) is 0 Å². The Morgan fingerprint density at radius 3 is 2.64 bits per heavy atom. The van der Waals surface area contributed by atoms with Crippen LogP contribution in [0.5, 0.6) is 11.5 Å². The Bertz CT molecular complexity index is 665. The van der Waals surface area contributed by atoms with Gasteiger partial charge in [0.1, 0.15) is 6.61 Å². The van der Waals surface area contributed by atoms with Crippen LogP contribution in [-0.2, 0) is 4.79 Å². The van der Waals surface area contributed by atoms with E-state index in [2.05, 4.69) is 22.3 Å². The molecule has 1 aromatic carbocycles. The van der Waals surface area contributed by atoms with Gasteiger partial charge in [-0.15, -0.1) is 0 Å². The van der Waals surface area contributed by atoms with E-state index in [1.54, 1.807) is 0 Å². The number of benzene rings is 1. The number of aliphatic hydroxyl groups excluding tert-OH is 1. The van der Waals surface area contributed by atoms with Gasteiger partial charge < -0.3 is 24.8 Å². The minimum Gasteiger partial charge on any atom is -0.454 e. The quantitative estimate of drug-likeness (QED) is 0.784. The molecule has 1 saturated carbocycles. The number of aliphatic hydroxyl groups is 1. The lowest BCUT2D eigenvalue weighted by Gasteiger charge is -2.34. The largest absolute Gasteiger partial charge is 0.454 e. The molecule has 154 valence electrons. The third-order valence-corrected chi connectivity index (χ3v) is 6.66. The number of carbonyl (C=O) groups excluding carboxylic acids is 1. The molecule has 1 saturated heterocycles. The van der Waals surface area contributed by atoms with Crippen LogP contribution in [0, 0.1) is 5.92 Å². The average molecular weight is 389 g/mol. The van der Waals surface area contributed by atoms with E-state index in [1.807, 2.05) is 6.07 Å². The predicted molar refractivity (Wildman–Crippen MR) is 107 cm³/mol. The van der Waals surface area contributed by atoms with E-state index in [0.29, 0.717) is 12.7 Å². The van der Waals surface area contributed by atoms with Crippen LogP contribution in [0.15, 0.2) is 18.2 Å². The molecule has 0 bridgehead atoms. The highest BCUT2D eigenvalue weighted by atomic mass is 16.7. The highest BCUT2D eigenvalue weighted by molar-refractivity contribution is 5.77. The lowest BCUT2D eigenvalue weighted by Crippen LogP contribution is -2.39. The van der Waals surface area contributed by atoms with E-state index in [4.69, 9.17) is 14.6 Å². The fourth-order valence-corrected chi connectivity index (χ4v) is 4.98. The van der Waals surface area contributed by atoms with E-state index < -0.39 is 6.61 Å². The highest BCUT2D eigenvalue weighted by Gasteiger charge is 2.28. The predicted octanol–water partition coefficient (Wildman–Crippen LogP) is 2.65. The molecule has 6 nitrogen and oxygen atoms in total. The van der Waals surface area contributed by atoms with Crippen molar-refractivity contribution in [2.45, 2.75) is 56.9 Å². The topological polar surface area (TPSA) is 71.0 Å². The molecular formula is C22H32N2O4. The molecule has 2 N–H and O–H groups in total. The van der Waals surface area contributed by atoms with E-state index in [9.17, 15) is 4.79 Å². The van der Waals surface area contributed by atoms with Crippen LogP contribution in [0.2, 0.25) is 0 Å². The molecule has 2 aliphatic heterocycles. The van der Waals surface area contributed by atoms with Crippen molar-refractivity contribution in [2.24, 2.45) is 5.92 Å². The maximum Gasteiger partial charge on any atom is 0.245 e. The average Bonchev–Trinajstić information content (AvgIpc) is 3.22. The summed E-state index contributed by atoms with van der Waals surface area (Å²) >= 11 is 0. The Morgan fingerprint density at radius 1 is 1.11 bits per heavy atom. The number of hydrogen-bond acceptors (Lipinski definition) is 5. The third kappa shape index (κ3) is 4.61. The number of amides is 1. The van der Waals surface area contributed by atoms with Crippen molar-refractivity contribution in [2.75, 3.05) is 33.0 Å². The maximum absolute atomic E-state index is 11.3. The van der Waals surface area contributed by atoms with Crippen LogP contribution in [-0.4, -0.2) is 55.0 Å². The first kappa shape index (κ1) is 19.5. The second-order valence-corrected chi connectivity index (χ2v) is 8.43. The number of rotatable bonds is 6. The summed E-state index contributed by atoms with van der Waals surface area (Å²) in [6.45, 7) is 3.42. The molecule has 0 radical (unpaired) electrons. The number of nitrogens with zero attached hydrogens (tertiary/aromatic N) is 1. The first-order valence-electron chi connectivity index (χ1n) is 10.7. The first-order chi connectivity index (χ1) is 13.7. The van der Waals surface area contributed by atoms with Gasteiger partial charge >= 0.3 is 0 Å². The van der Waals surface area contributed by atoms with Crippen molar-refractivity contribution >= 4 is 5.91 Å². The van der Waals surface area contributed by atoms with Crippen molar-refractivity contribution in [3.8, 4) is 11.5 Å². The van der Waals surface area contributed by atoms with Crippen LogP contribution in [0.4, 0.5) is 0 Å². The summed E-state index contributed by atoms with van der Waals surface area (Å²) in [5, 5.41) is 11.8. The lowest BCUT2D eigenvalue weighted by atomic mass is 9.83. The highest BCUT2D eigenvalue weighted by Crippen LogP contribution is 2.42. The second-order valence-electron chi connectivity index (χ2n) is 8.43. The van der Waals surface area contributed by atoms with Crippen molar-refractivity contribution in [1.29, 1.82) is 0 Å². The first-order valence-corrected chi connectivity index (χ1v) is 10.7. The molecule has 1 aromatic rings. The van der Waals surface area contributed by atoms with Crippen LogP contribution < -0.4 is 14.8 Å². The zero-order valence-electron chi connectivity index (χ0n) is 16.6. The van der Waals surface area contributed by atoms with Gasteiger partial charge in [0.05, 0.1) is 0 Å². The molecule has 1 amide bonds. The summed E-state index contributed by atoms with van der Waals surface area (Å²) in [6, 6.07) is 6.52. The number of hydrogen-bond donors (Lipinski definition) is 2. The van der Waals surface area contributed by atoms with Crippen molar-refractivity contribution in [3.63, 3.8) is 0 Å². The number of ether oxygens (including phenoxy) is 2. The summed E-state index contributed by atoms with van der Waals surface area (Å²) in [5.74, 6) is 2.95. The van der Waals surface area contributed by atoms with Gasteiger partial charge in [-0.05, 0) is 82.5 Å². The van der Waals surface area contributed by atoms with Gasteiger partial charge in [-0.1, -0.05) is 12.1 Å². The van der Waals surface area contributed by atoms with Crippen LogP contribution >= 0.6 is 0 Å². The van der Waals surface area contributed by atoms with Gasteiger partial charge in [-0.25, -0.2) is 0 Å². The molecule has 2 fully saturated rings. The summed E-state index contributed by atoms with van der Waals surface area (Å²) in [7, 11) is 0. The van der Waals surface area contributed by atoms with Crippen molar-refractivity contribution < 1.29 is 19.4 Å². The standard InChI is InChI=1S/C22H32N2O4/c25-14-21(26)23-18-6-4-16(5-7-18)8-11-24-12-9-17(10-13-24)19-2-1-3-20-22(19)28-15-27-20/h1-3,16-18,25H,4-15H2,(H,23,26). The zero-order chi connectivity index (χ0) is 19.3. The fourth-order valence-electron chi connectivity index (χ4n) is 4.98. The molecule has 0 aromatic heterocycles. The monoisotopic (exact) mass is 388 g/mol.